The van der Waals surface area contributed by atoms with Gasteiger partial charge < -0.3 is 14.4 Å². The van der Waals surface area contributed by atoms with E-state index in [1.54, 1.807) is 4.90 Å². The van der Waals surface area contributed by atoms with Gasteiger partial charge in [0.2, 0.25) is 0 Å². The first-order valence-electron chi connectivity index (χ1n) is 7.04. The molecule has 5 heteroatoms. The van der Waals surface area contributed by atoms with Crippen LogP contribution in [0.5, 0.6) is 0 Å². The second-order valence-corrected chi connectivity index (χ2v) is 6.07. The fourth-order valence-corrected chi connectivity index (χ4v) is 2.10. The number of amides is 1. The maximum absolute atomic E-state index is 11.9. The van der Waals surface area contributed by atoms with E-state index < -0.39 is 5.60 Å². The molecule has 0 aliphatic carbocycles. The van der Waals surface area contributed by atoms with Gasteiger partial charge in [0.1, 0.15) is 5.60 Å². The van der Waals surface area contributed by atoms with E-state index >= 15 is 0 Å². The SMILES string of the molecule is COC(=O)C=CCC1CCN(C(=O)OC(C)(C)C)CC1. The van der Waals surface area contributed by atoms with E-state index in [4.69, 9.17) is 4.74 Å². The minimum Gasteiger partial charge on any atom is -0.466 e. The molecule has 0 atom stereocenters. The number of hydrogen-bond acceptors (Lipinski definition) is 4. The van der Waals surface area contributed by atoms with Gasteiger partial charge in [-0.15, -0.1) is 0 Å². The lowest BCUT2D eigenvalue weighted by Gasteiger charge is -2.33. The Labute approximate surface area is 120 Å². The molecule has 0 spiro atoms. The van der Waals surface area contributed by atoms with Crippen LogP contribution >= 0.6 is 0 Å². The molecule has 1 aliphatic rings. The summed E-state index contributed by atoms with van der Waals surface area (Å²) >= 11 is 0. The Balaban J connectivity index is 2.31. The minimum absolute atomic E-state index is 0.235. The number of likely N-dealkylation sites (tertiary alicyclic amines) is 1. The summed E-state index contributed by atoms with van der Waals surface area (Å²) in [6.45, 7) is 7.04. The number of ether oxygens (including phenoxy) is 2. The van der Waals surface area contributed by atoms with Crippen LogP contribution in [0.25, 0.3) is 0 Å². The standard InChI is InChI=1S/C15H25NO4/c1-15(2,3)20-14(18)16-10-8-12(9-11-16)6-5-7-13(17)19-4/h5,7,12H,6,8-11H2,1-4H3. The second-order valence-electron chi connectivity index (χ2n) is 6.07. The van der Waals surface area contributed by atoms with Gasteiger partial charge in [-0.05, 0) is 46.0 Å². The number of piperidine rings is 1. The fourth-order valence-electron chi connectivity index (χ4n) is 2.10. The summed E-state index contributed by atoms with van der Waals surface area (Å²) in [6.07, 6.45) is 5.79. The zero-order valence-corrected chi connectivity index (χ0v) is 12.8. The van der Waals surface area contributed by atoms with Gasteiger partial charge in [0.05, 0.1) is 7.11 Å². The number of carbonyl (C=O) groups is 2. The van der Waals surface area contributed by atoms with E-state index in [-0.39, 0.29) is 12.1 Å². The largest absolute Gasteiger partial charge is 0.466 e. The highest BCUT2D eigenvalue weighted by Crippen LogP contribution is 2.22. The Morgan fingerprint density at radius 2 is 1.85 bits per heavy atom. The quantitative estimate of drug-likeness (QED) is 0.590. The van der Waals surface area contributed by atoms with E-state index in [0.29, 0.717) is 19.0 Å². The fraction of sp³-hybridized carbons (Fsp3) is 0.733. The van der Waals surface area contributed by atoms with Crippen molar-refractivity contribution in [3.8, 4) is 0 Å². The van der Waals surface area contributed by atoms with Crippen LogP contribution in [0, 0.1) is 5.92 Å². The first-order valence-corrected chi connectivity index (χ1v) is 7.04. The molecule has 0 aromatic heterocycles. The van der Waals surface area contributed by atoms with Crippen LogP contribution in [-0.4, -0.2) is 42.8 Å². The summed E-state index contributed by atoms with van der Waals surface area (Å²) in [6, 6.07) is 0. The molecule has 0 bridgehead atoms. The minimum atomic E-state index is -0.447. The maximum atomic E-state index is 11.9. The maximum Gasteiger partial charge on any atom is 0.410 e. The summed E-state index contributed by atoms with van der Waals surface area (Å²) < 4.78 is 9.89. The molecule has 0 unspecified atom stereocenters. The molecule has 5 nitrogen and oxygen atoms in total. The third kappa shape index (κ3) is 6.08. The van der Waals surface area contributed by atoms with Crippen LogP contribution in [-0.2, 0) is 14.3 Å². The Kier molecular flexibility index (Phi) is 6.05. The molecule has 0 N–H and O–H groups in total. The average Bonchev–Trinajstić information content (AvgIpc) is 2.37. The highest BCUT2D eigenvalue weighted by atomic mass is 16.6. The van der Waals surface area contributed by atoms with Crippen molar-refractivity contribution in [3.63, 3.8) is 0 Å². The predicted molar refractivity (Wildman–Crippen MR) is 76.3 cm³/mol. The number of esters is 1. The highest BCUT2D eigenvalue weighted by Gasteiger charge is 2.26. The van der Waals surface area contributed by atoms with Gasteiger partial charge >= 0.3 is 12.1 Å². The summed E-state index contributed by atoms with van der Waals surface area (Å²) in [5, 5.41) is 0. The molecule has 0 aromatic carbocycles. The van der Waals surface area contributed by atoms with Crippen LogP contribution < -0.4 is 0 Å². The lowest BCUT2D eigenvalue weighted by molar-refractivity contribution is -0.134. The van der Waals surface area contributed by atoms with Crippen LogP contribution in [0.15, 0.2) is 12.2 Å². The molecule has 1 heterocycles. The molecule has 1 rings (SSSR count). The lowest BCUT2D eigenvalue weighted by Crippen LogP contribution is -2.41. The van der Waals surface area contributed by atoms with E-state index in [2.05, 4.69) is 4.74 Å². The molecule has 1 fully saturated rings. The molecular formula is C15H25NO4. The molecule has 0 aromatic rings. The smallest absolute Gasteiger partial charge is 0.410 e. The molecule has 0 saturated carbocycles. The normalized spacial score (nSPS) is 17.3. The van der Waals surface area contributed by atoms with Crippen LogP contribution in [0.2, 0.25) is 0 Å². The lowest BCUT2D eigenvalue weighted by atomic mass is 9.93. The van der Waals surface area contributed by atoms with E-state index in [1.165, 1.54) is 13.2 Å². The first kappa shape index (κ1) is 16.5. The van der Waals surface area contributed by atoms with E-state index in [0.717, 1.165) is 19.3 Å². The number of methoxy groups -OCH3 is 1. The van der Waals surface area contributed by atoms with Gasteiger partial charge in [-0.1, -0.05) is 6.08 Å². The molecule has 114 valence electrons. The van der Waals surface area contributed by atoms with Gasteiger partial charge in [-0.25, -0.2) is 9.59 Å². The third-order valence-corrected chi connectivity index (χ3v) is 3.19. The Hall–Kier alpha value is -1.52. The third-order valence-electron chi connectivity index (χ3n) is 3.19. The topological polar surface area (TPSA) is 55.8 Å². The van der Waals surface area contributed by atoms with Gasteiger partial charge in [0, 0.05) is 19.2 Å². The van der Waals surface area contributed by atoms with E-state index in [1.807, 2.05) is 26.8 Å². The number of allylic oxidation sites excluding steroid dienone is 1. The molecule has 0 radical (unpaired) electrons. The average molecular weight is 283 g/mol. The molecular weight excluding hydrogens is 258 g/mol. The van der Waals surface area contributed by atoms with Gasteiger partial charge in [-0.3, -0.25) is 0 Å². The van der Waals surface area contributed by atoms with Gasteiger partial charge in [-0.2, -0.15) is 0 Å². The summed E-state index contributed by atoms with van der Waals surface area (Å²) in [7, 11) is 1.37. The molecule has 1 aliphatic heterocycles. The predicted octanol–water partition coefficient (Wildman–Crippen LogP) is 2.75. The van der Waals surface area contributed by atoms with Crippen molar-refractivity contribution in [1.29, 1.82) is 0 Å². The van der Waals surface area contributed by atoms with Crippen molar-refractivity contribution >= 4 is 12.1 Å². The zero-order valence-electron chi connectivity index (χ0n) is 12.8. The Bertz CT molecular complexity index is 363. The van der Waals surface area contributed by atoms with Crippen LogP contribution in [0.4, 0.5) is 4.79 Å². The van der Waals surface area contributed by atoms with Crippen LogP contribution in [0.1, 0.15) is 40.0 Å². The number of nitrogens with zero attached hydrogens (tertiary/aromatic N) is 1. The van der Waals surface area contributed by atoms with E-state index in [9.17, 15) is 9.59 Å². The Morgan fingerprint density at radius 3 is 2.35 bits per heavy atom. The monoisotopic (exact) mass is 283 g/mol. The number of carbonyl (C=O) groups excluding carboxylic acids is 2. The van der Waals surface area contributed by atoms with Crippen molar-refractivity contribution in [2.75, 3.05) is 20.2 Å². The van der Waals surface area contributed by atoms with Crippen molar-refractivity contribution < 1.29 is 19.1 Å². The van der Waals surface area contributed by atoms with Crippen molar-refractivity contribution in [1.82, 2.24) is 4.90 Å². The summed E-state index contributed by atoms with van der Waals surface area (Å²) in [5.74, 6) is 0.186. The van der Waals surface area contributed by atoms with Gasteiger partial charge in [0.25, 0.3) is 0 Å². The summed E-state index contributed by atoms with van der Waals surface area (Å²) in [4.78, 5) is 24.6. The molecule has 20 heavy (non-hydrogen) atoms. The van der Waals surface area contributed by atoms with Crippen molar-refractivity contribution in [2.24, 2.45) is 5.92 Å². The zero-order chi connectivity index (χ0) is 15.2. The van der Waals surface area contributed by atoms with Crippen molar-refractivity contribution in [3.05, 3.63) is 12.2 Å². The van der Waals surface area contributed by atoms with Gasteiger partial charge in [0.15, 0.2) is 0 Å². The van der Waals surface area contributed by atoms with Crippen molar-refractivity contribution in [2.45, 2.75) is 45.6 Å². The first-order chi connectivity index (χ1) is 9.31. The highest BCUT2D eigenvalue weighted by molar-refractivity contribution is 5.81. The number of rotatable bonds is 3. The second kappa shape index (κ2) is 7.31. The van der Waals surface area contributed by atoms with Crippen LogP contribution in [0.3, 0.4) is 0 Å². The Morgan fingerprint density at radius 1 is 1.25 bits per heavy atom. The molecule has 1 amide bonds. The number of hydrogen-bond donors (Lipinski definition) is 0. The molecule has 1 saturated heterocycles. The summed E-state index contributed by atoms with van der Waals surface area (Å²) in [5.41, 5.74) is -0.447.